The average Bonchev–Trinajstić information content (AvgIpc) is 2.88. The fraction of sp³-hybridized carbons (Fsp3) is 0.647. The normalized spacial score (nSPS) is 18.4. The van der Waals surface area contributed by atoms with E-state index >= 15 is 0 Å². The van der Waals surface area contributed by atoms with Crippen molar-refractivity contribution in [3.63, 3.8) is 0 Å². The van der Waals surface area contributed by atoms with Crippen LogP contribution in [0.2, 0.25) is 0 Å². The Labute approximate surface area is 136 Å². The van der Waals surface area contributed by atoms with Crippen molar-refractivity contribution in [2.75, 3.05) is 6.61 Å². The minimum Gasteiger partial charge on any atom is -0.451 e. The molecule has 0 radical (unpaired) electrons. The zero-order valence-corrected chi connectivity index (χ0v) is 14.4. The van der Waals surface area contributed by atoms with Gasteiger partial charge in [0.1, 0.15) is 4.88 Å². The van der Waals surface area contributed by atoms with Crippen LogP contribution in [0, 0.1) is 5.92 Å². The second kappa shape index (κ2) is 7.77. The molecule has 1 aromatic heterocycles. The second-order valence-electron chi connectivity index (χ2n) is 6.24. The van der Waals surface area contributed by atoms with Gasteiger partial charge >= 0.3 is 5.97 Å². The standard InChI is InChI=1S/C17H25NO3S/c1-4-5-12(3)18-16(19)10-21-17(20)15-9-13-8-11(2)6-7-14(13)22-15/h9,11-12H,4-8,10H2,1-3H3,(H,18,19). The summed E-state index contributed by atoms with van der Waals surface area (Å²) in [7, 11) is 0. The molecule has 2 unspecified atom stereocenters. The Bertz CT molecular complexity index is 538. The molecule has 1 amide bonds. The van der Waals surface area contributed by atoms with E-state index in [1.54, 1.807) is 0 Å². The molecule has 0 fully saturated rings. The fourth-order valence-electron chi connectivity index (χ4n) is 2.83. The molecule has 0 saturated heterocycles. The number of carbonyl (C=O) groups is 2. The first kappa shape index (κ1) is 17.0. The maximum absolute atomic E-state index is 12.1. The summed E-state index contributed by atoms with van der Waals surface area (Å²) < 4.78 is 5.13. The molecule has 1 aliphatic rings. The minimum atomic E-state index is -0.384. The predicted octanol–water partition coefficient (Wildman–Crippen LogP) is 3.33. The van der Waals surface area contributed by atoms with Gasteiger partial charge in [-0.25, -0.2) is 4.79 Å². The number of thiophene rings is 1. The molecule has 0 saturated carbocycles. The first-order valence-electron chi connectivity index (χ1n) is 8.07. The summed E-state index contributed by atoms with van der Waals surface area (Å²) in [5, 5.41) is 2.83. The van der Waals surface area contributed by atoms with Crippen molar-refractivity contribution in [2.45, 2.75) is 58.9 Å². The molecule has 0 spiro atoms. The fourth-order valence-corrected chi connectivity index (χ4v) is 3.93. The third-order valence-electron chi connectivity index (χ3n) is 3.99. The molecule has 22 heavy (non-hydrogen) atoms. The third-order valence-corrected chi connectivity index (χ3v) is 5.21. The van der Waals surface area contributed by atoms with Crippen molar-refractivity contribution in [3.05, 3.63) is 21.4 Å². The summed E-state index contributed by atoms with van der Waals surface area (Å²) >= 11 is 1.51. The predicted molar refractivity (Wildman–Crippen MR) is 88.3 cm³/mol. The average molecular weight is 323 g/mol. The zero-order chi connectivity index (χ0) is 16.1. The van der Waals surface area contributed by atoms with Crippen molar-refractivity contribution in [3.8, 4) is 0 Å². The molecule has 1 heterocycles. The number of hydrogen-bond donors (Lipinski definition) is 1. The SMILES string of the molecule is CCCC(C)NC(=O)COC(=O)c1cc2c(s1)CCC(C)C2. The molecule has 0 aliphatic heterocycles. The van der Waals surface area contributed by atoms with E-state index < -0.39 is 0 Å². The van der Waals surface area contributed by atoms with Gasteiger partial charge in [-0.3, -0.25) is 4.79 Å². The highest BCUT2D eigenvalue weighted by molar-refractivity contribution is 7.14. The largest absolute Gasteiger partial charge is 0.451 e. The first-order chi connectivity index (χ1) is 10.5. The molecule has 2 rings (SSSR count). The smallest absolute Gasteiger partial charge is 0.348 e. The number of ether oxygens (including phenoxy) is 1. The third kappa shape index (κ3) is 4.57. The zero-order valence-electron chi connectivity index (χ0n) is 13.6. The summed E-state index contributed by atoms with van der Waals surface area (Å²) in [5.41, 5.74) is 1.27. The van der Waals surface area contributed by atoms with Crippen molar-refractivity contribution in [1.29, 1.82) is 0 Å². The van der Waals surface area contributed by atoms with Crippen LogP contribution in [0.1, 0.15) is 60.1 Å². The Balaban J connectivity index is 1.84. The van der Waals surface area contributed by atoms with Gasteiger partial charge in [-0.1, -0.05) is 20.3 Å². The highest BCUT2D eigenvalue weighted by atomic mass is 32.1. The number of amides is 1. The van der Waals surface area contributed by atoms with Gasteiger partial charge < -0.3 is 10.1 Å². The molecular weight excluding hydrogens is 298 g/mol. The molecule has 0 aromatic carbocycles. The molecule has 0 bridgehead atoms. The van der Waals surface area contributed by atoms with Crippen LogP contribution >= 0.6 is 11.3 Å². The van der Waals surface area contributed by atoms with Crippen LogP contribution in [0.3, 0.4) is 0 Å². The number of fused-ring (bicyclic) bond motifs is 1. The van der Waals surface area contributed by atoms with Crippen LogP contribution in [0.25, 0.3) is 0 Å². The van der Waals surface area contributed by atoms with Crippen LogP contribution < -0.4 is 5.32 Å². The van der Waals surface area contributed by atoms with Crippen LogP contribution in [-0.4, -0.2) is 24.5 Å². The topological polar surface area (TPSA) is 55.4 Å². The number of hydrogen-bond acceptors (Lipinski definition) is 4. The Morgan fingerprint density at radius 1 is 1.50 bits per heavy atom. The molecule has 4 nitrogen and oxygen atoms in total. The maximum Gasteiger partial charge on any atom is 0.348 e. The summed E-state index contributed by atoms with van der Waals surface area (Å²) in [6, 6.07) is 2.06. The van der Waals surface area contributed by atoms with Gasteiger partial charge in [0.2, 0.25) is 0 Å². The Morgan fingerprint density at radius 3 is 3.00 bits per heavy atom. The van der Waals surface area contributed by atoms with E-state index in [0.717, 1.165) is 25.7 Å². The molecular formula is C17H25NO3S. The number of rotatable bonds is 6. The van der Waals surface area contributed by atoms with E-state index in [-0.39, 0.29) is 24.5 Å². The lowest BCUT2D eigenvalue weighted by molar-refractivity contribution is -0.124. The highest BCUT2D eigenvalue weighted by Crippen LogP contribution is 2.32. The number of nitrogens with one attached hydrogen (secondary N) is 1. The minimum absolute atomic E-state index is 0.117. The first-order valence-corrected chi connectivity index (χ1v) is 8.89. The molecule has 122 valence electrons. The number of aryl methyl sites for hydroxylation is 1. The molecule has 5 heteroatoms. The van der Waals surface area contributed by atoms with E-state index in [0.29, 0.717) is 10.8 Å². The summed E-state index contributed by atoms with van der Waals surface area (Å²) in [6.07, 6.45) is 5.20. The van der Waals surface area contributed by atoms with E-state index in [2.05, 4.69) is 19.2 Å². The monoisotopic (exact) mass is 323 g/mol. The molecule has 1 aliphatic carbocycles. The summed E-state index contributed by atoms with van der Waals surface area (Å²) in [4.78, 5) is 25.7. The molecule has 1 N–H and O–H groups in total. The van der Waals surface area contributed by atoms with Crippen molar-refractivity contribution >= 4 is 23.2 Å². The Hall–Kier alpha value is -1.36. The van der Waals surface area contributed by atoms with Crippen LogP contribution in [0.5, 0.6) is 0 Å². The van der Waals surface area contributed by atoms with Gasteiger partial charge in [-0.05, 0) is 50.2 Å². The highest BCUT2D eigenvalue weighted by Gasteiger charge is 2.21. The Morgan fingerprint density at radius 2 is 2.27 bits per heavy atom. The van der Waals surface area contributed by atoms with Crippen LogP contribution in [0.4, 0.5) is 0 Å². The van der Waals surface area contributed by atoms with E-state index in [9.17, 15) is 9.59 Å². The van der Waals surface area contributed by atoms with Crippen LogP contribution in [-0.2, 0) is 22.4 Å². The van der Waals surface area contributed by atoms with Crippen molar-refractivity contribution in [1.82, 2.24) is 5.32 Å². The van der Waals surface area contributed by atoms with E-state index in [1.807, 2.05) is 13.0 Å². The lowest BCUT2D eigenvalue weighted by Gasteiger charge is -2.16. The summed E-state index contributed by atoms with van der Waals surface area (Å²) in [6.45, 7) is 6.06. The van der Waals surface area contributed by atoms with Crippen LogP contribution in [0.15, 0.2) is 6.07 Å². The van der Waals surface area contributed by atoms with Crippen molar-refractivity contribution in [2.24, 2.45) is 5.92 Å². The maximum atomic E-state index is 12.1. The second-order valence-corrected chi connectivity index (χ2v) is 7.38. The lowest BCUT2D eigenvalue weighted by Crippen LogP contribution is -2.35. The van der Waals surface area contributed by atoms with Gasteiger partial charge in [0.15, 0.2) is 6.61 Å². The number of carbonyl (C=O) groups excluding carboxylic acids is 2. The van der Waals surface area contributed by atoms with E-state index in [4.69, 9.17) is 4.74 Å². The lowest BCUT2D eigenvalue weighted by atomic mass is 9.90. The van der Waals surface area contributed by atoms with Gasteiger partial charge in [0.05, 0.1) is 0 Å². The molecule has 2 atom stereocenters. The van der Waals surface area contributed by atoms with Gasteiger partial charge in [0, 0.05) is 10.9 Å². The number of esters is 1. The van der Waals surface area contributed by atoms with Gasteiger partial charge in [-0.2, -0.15) is 0 Å². The van der Waals surface area contributed by atoms with Gasteiger partial charge in [0.25, 0.3) is 5.91 Å². The summed E-state index contributed by atoms with van der Waals surface area (Å²) in [5.74, 6) is 0.0615. The van der Waals surface area contributed by atoms with Gasteiger partial charge in [-0.15, -0.1) is 11.3 Å². The molecule has 1 aromatic rings. The van der Waals surface area contributed by atoms with Crippen molar-refractivity contribution < 1.29 is 14.3 Å². The van der Waals surface area contributed by atoms with E-state index in [1.165, 1.54) is 28.2 Å². The Kier molecular flexibility index (Phi) is 6.00. The quantitative estimate of drug-likeness (QED) is 0.817.